The lowest BCUT2D eigenvalue weighted by molar-refractivity contribution is 0.0947. The van der Waals surface area contributed by atoms with E-state index in [1.807, 2.05) is 42.5 Å². The van der Waals surface area contributed by atoms with Crippen molar-refractivity contribution in [2.75, 3.05) is 60.8 Å². The van der Waals surface area contributed by atoms with Crippen molar-refractivity contribution in [1.82, 2.24) is 15.6 Å². The molecule has 1 atom stereocenters. The fraction of sp³-hybridized carbons (Fsp3) is 0.326. The van der Waals surface area contributed by atoms with Gasteiger partial charge in [-0.1, -0.05) is 45.0 Å². The number of ether oxygens (including phenoxy) is 3. The highest BCUT2D eigenvalue weighted by atomic mass is 32.2. The zero-order valence-electron chi connectivity index (χ0n) is 33.2. The molecule has 1 aliphatic rings. The van der Waals surface area contributed by atoms with Gasteiger partial charge in [0.1, 0.15) is 35.0 Å². The molecule has 14 heteroatoms. The van der Waals surface area contributed by atoms with Crippen molar-refractivity contribution in [2.24, 2.45) is 5.92 Å². The van der Waals surface area contributed by atoms with Crippen molar-refractivity contribution in [1.29, 1.82) is 0 Å². The molecule has 2 heterocycles. The van der Waals surface area contributed by atoms with Crippen LogP contribution in [0.3, 0.4) is 0 Å². The third-order valence-corrected chi connectivity index (χ3v) is 10.3. The highest BCUT2D eigenvalue weighted by molar-refractivity contribution is 7.92. The number of nitrogens with zero attached hydrogens (tertiary/aromatic N) is 1. The average molecular weight is 794 g/mol. The normalized spacial score (nSPS) is 13.7. The molecule has 4 aromatic carbocycles. The van der Waals surface area contributed by atoms with E-state index < -0.39 is 17.4 Å². The molecule has 1 fully saturated rings. The number of carbonyl (C=O) groups is 2. The number of fused-ring (bicyclic) bond motifs is 1. The molecule has 0 saturated carbocycles. The molecule has 0 spiro atoms. The summed E-state index contributed by atoms with van der Waals surface area (Å²) in [5.74, 6) is 2.93. The predicted molar refractivity (Wildman–Crippen MR) is 229 cm³/mol. The topological polar surface area (TPSA) is 170 Å². The highest BCUT2D eigenvalue weighted by Gasteiger charge is 2.23. The van der Waals surface area contributed by atoms with Crippen LogP contribution in [0.15, 0.2) is 85.1 Å². The molecule has 0 radical (unpaired) electrons. The molecule has 3 amide bonds. The fourth-order valence-electron chi connectivity index (χ4n) is 6.78. The predicted octanol–water partition coefficient (Wildman–Crippen LogP) is 8.55. The third kappa shape index (κ3) is 10.6. The summed E-state index contributed by atoms with van der Waals surface area (Å²) in [7, 11) is 3.05. The Morgan fingerprint density at radius 2 is 1.61 bits per heavy atom. The first-order valence-corrected chi connectivity index (χ1v) is 20.5. The van der Waals surface area contributed by atoms with E-state index in [-0.39, 0.29) is 11.3 Å². The zero-order chi connectivity index (χ0) is 40.5. The zero-order valence-corrected chi connectivity index (χ0v) is 34.0. The van der Waals surface area contributed by atoms with E-state index in [4.69, 9.17) is 14.2 Å². The van der Waals surface area contributed by atoms with Gasteiger partial charge in [0.05, 0.1) is 42.5 Å². The number of amides is 3. The summed E-state index contributed by atoms with van der Waals surface area (Å²) < 4.78 is 32.6. The molecule has 57 heavy (non-hydrogen) atoms. The Bertz CT molecular complexity index is 2200. The summed E-state index contributed by atoms with van der Waals surface area (Å²) >= 11 is -1.36. The van der Waals surface area contributed by atoms with Gasteiger partial charge in [0.15, 0.2) is 5.75 Å². The van der Waals surface area contributed by atoms with Gasteiger partial charge < -0.3 is 45.3 Å². The van der Waals surface area contributed by atoms with Crippen molar-refractivity contribution >= 4 is 62.6 Å². The van der Waals surface area contributed by atoms with Crippen LogP contribution in [0.4, 0.5) is 33.4 Å². The van der Waals surface area contributed by atoms with E-state index in [9.17, 15) is 14.1 Å². The molecule has 6 rings (SSSR count). The number of carbonyl (C=O) groups excluding carboxylic acids is 2. The number of hydrogen-bond acceptors (Lipinski definition) is 10. The Hall–Kier alpha value is -5.70. The average Bonchev–Trinajstić information content (AvgIpc) is 3.18. The van der Waals surface area contributed by atoms with Gasteiger partial charge in [-0.15, -0.1) is 0 Å². The van der Waals surface area contributed by atoms with Crippen LogP contribution in [0.25, 0.3) is 10.8 Å². The van der Waals surface area contributed by atoms with Crippen LogP contribution in [0, 0.1) is 5.92 Å². The number of nitrogens with one attached hydrogen (secondary N) is 6. The van der Waals surface area contributed by atoms with E-state index in [2.05, 4.69) is 57.1 Å². The van der Waals surface area contributed by atoms with Gasteiger partial charge in [0, 0.05) is 41.3 Å². The number of aromatic nitrogens is 1. The van der Waals surface area contributed by atoms with Gasteiger partial charge >= 0.3 is 6.03 Å². The summed E-state index contributed by atoms with van der Waals surface area (Å²) in [4.78, 5) is 31.0. The van der Waals surface area contributed by atoms with E-state index in [1.54, 1.807) is 49.7 Å². The summed E-state index contributed by atoms with van der Waals surface area (Å²) in [5.41, 5.74) is 3.33. The minimum absolute atomic E-state index is 0.167. The van der Waals surface area contributed by atoms with E-state index in [0.29, 0.717) is 69.6 Å². The van der Waals surface area contributed by atoms with Gasteiger partial charge in [-0.05, 0) is 91.7 Å². The largest absolute Gasteiger partial charge is 0.593 e. The van der Waals surface area contributed by atoms with Crippen LogP contribution < -0.4 is 45.5 Å². The van der Waals surface area contributed by atoms with Crippen molar-refractivity contribution < 1.29 is 28.4 Å². The highest BCUT2D eigenvalue weighted by Crippen LogP contribution is 2.40. The SMILES string of the molecule is COc1cc(Nc2cc(Oc3ccc(NC(=O)Nc4cc(C(C)(C)C)cc(N[S+](C)[O-])c4OC)c4ccccc34)ccn2)ccc1C(=O)NCCC1CCNCC1. The van der Waals surface area contributed by atoms with Crippen LogP contribution in [0.1, 0.15) is 56.0 Å². The summed E-state index contributed by atoms with van der Waals surface area (Å²) in [6.45, 7) is 8.86. The number of methoxy groups -OCH3 is 2. The number of benzene rings is 4. The molecule has 6 N–H and O–H groups in total. The Kier molecular flexibility index (Phi) is 13.3. The van der Waals surface area contributed by atoms with Gasteiger partial charge in [0.25, 0.3) is 5.91 Å². The molecular formula is C43H51N7O6S. The van der Waals surface area contributed by atoms with E-state index in [0.717, 1.165) is 48.7 Å². The van der Waals surface area contributed by atoms with E-state index >= 15 is 0 Å². The Balaban J connectivity index is 1.14. The summed E-state index contributed by atoms with van der Waals surface area (Å²) in [6, 6.07) is 23.3. The second-order valence-electron chi connectivity index (χ2n) is 14.9. The Morgan fingerprint density at radius 3 is 2.33 bits per heavy atom. The number of rotatable bonds is 14. The molecule has 5 aromatic rings. The van der Waals surface area contributed by atoms with Crippen molar-refractivity contribution in [3.8, 4) is 23.0 Å². The molecule has 1 unspecified atom stereocenters. The first-order valence-electron chi connectivity index (χ1n) is 18.9. The Labute approximate surface area is 337 Å². The van der Waals surface area contributed by atoms with E-state index in [1.165, 1.54) is 13.4 Å². The first kappa shape index (κ1) is 40.9. The van der Waals surface area contributed by atoms with Crippen LogP contribution in [0.2, 0.25) is 0 Å². The fourth-order valence-corrected chi connectivity index (χ4v) is 7.24. The molecule has 1 aliphatic heterocycles. The number of pyridine rings is 1. The molecule has 300 valence electrons. The van der Waals surface area contributed by atoms with Gasteiger partial charge in [-0.2, -0.15) is 0 Å². The minimum Gasteiger partial charge on any atom is -0.593 e. The lowest BCUT2D eigenvalue weighted by Gasteiger charge is -2.24. The second kappa shape index (κ2) is 18.5. The molecule has 13 nitrogen and oxygen atoms in total. The third-order valence-electron chi connectivity index (χ3n) is 9.77. The second-order valence-corrected chi connectivity index (χ2v) is 16.0. The first-order chi connectivity index (χ1) is 27.4. The van der Waals surface area contributed by atoms with Gasteiger partial charge in [0.2, 0.25) is 0 Å². The maximum absolute atomic E-state index is 13.5. The number of anilines is 5. The Morgan fingerprint density at radius 1 is 0.877 bits per heavy atom. The summed E-state index contributed by atoms with van der Waals surface area (Å²) in [5, 5.41) is 17.2. The quantitative estimate of drug-likeness (QED) is 0.0599. The maximum atomic E-state index is 13.5. The lowest BCUT2D eigenvalue weighted by atomic mass is 9.86. The van der Waals surface area contributed by atoms with Crippen molar-refractivity contribution in [3.05, 3.63) is 96.2 Å². The molecular weight excluding hydrogens is 743 g/mol. The van der Waals surface area contributed by atoms with Gasteiger partial charge in [-0.3, -0.25) is 4.79 Å². The van der Waals surface area contributed by atoms with Crippen molar-refractivity contribution in [3.63, 3.8) is 0 Å². The molecule has 1 saturated heterocycles. The number of hydrogen-bond donors (Lipinski definition) is 6. The standard InChI is InChI=1S/C43H51N7O6S/c1-43(2,3)28-23-35(40(55-5)36(24-28)50-57(6)53)49-42(52)48-34-13-14-37(32-10-8-7-9-31(32)34)56-30-18-22-45-39(26-30)47-29-11-12-33(38(25-29)54-4)41(51)46-21-17-27-15-19-44-20-16-27/h7-14,18,22-27,44,50H,15-17,19-21H2,1-6H3,(H,45,47)(H,46,51)(H2,48,49,52). The number of urea groups is 1. The minimum atomic E-state index is -1.36. The maximum Gasteiger partial charge on any atom is 0.323 e. The van der Waals surface area contributed by atoms with Crippen LogP contribution >= 0.6 is 0 Å². The molecule has 1 aromatic heterocycles. The van der Waals surface area contributed by atoms with Crippen LogP contribution in [0.5, 0.6) is 23.0 Å². The van der Waals surface area contributed by atoms with Crippen LogP contribution in [-0.4, -0.2) is 61.6 Å². The smallest absolute Gasteiger partial charge is 0.323 e. The van der Waals surface area contributed by atoms with Crippen LogP contribution in [-0.2, 0) is 16.8 Å². The van der Waals surface area contributed by atoms with Crippen molar-refractivity contribution in [2.45, 2.75) is 45.4 Å². The number of piperidine rings is 1. The monoisotopic (exact) mass is 793 g/mol. The molecule has 0 bridgehead atoms. The molecule has 0 aliphatic carbocycles. The van der Waals surface area contributed by atoms with Gasteiger partial charge in [-0.25, -0.2) is 14.5 Å². The lowest BCUT2D eigenvalue weighted by Crippen LogP contribution is -2.31. The summed E-state index contributed by atoms with van der Waals surface area (Å²) in [6.07, 6.45) is 6.41.